The number of aromatic carboxylic acids is 1. The summed E-state index contributed by atoms with van der Waals surface area (Å²) in [5, 5.41) is 15.7. The van der Waals surface area contributed by atoms with Crippen molar-refractivity contribution < 1.29 is 9.90 Å². The Morgan fingerprint density at radius 1 is 1.40 bits per heavy atom. The van der Waals surface area contributed by atoms with Gasteiger partial charge < -0.3 is 16.6 Å². The molecule has 0 amide bonds. The maximum absolute atomic E-state index is 10.6. The predicted molar refractivity (Wildman–Crippen MR) is 56.8 cm³/mol. The molecular weight excluding hydrogens is 196 g/mol. The smallest absolute Gasteiger partial charge is 0.335 e. The van der Waals surface area contributed by atoms with Crippen molar-refractivity contribution in [2.45, 2.75) is 0 Å². The molecule has 0 aliphatic heterocycles. The Morgan fingerprint density at radius 3 is 2.73 bits per heavy atom. The van der Waals surface area contributed by atoms with E-state index in [9.17, 15) is 4.79 Å². The predicted octanol–water partition coefficient (Wildman–Crippen LogP) is -0.00790. The zero-order chi connectivity index (χ0) is 11.3. The first-order chi connectivity index (χ1) is 7.09. The fraction of sp³-hybridized carbons (Fsp3) is 0. The van der Waals surface area contributed by atoms with Gasteiger partial charge in [-0.1, -0.05) is 12.1 Å². The monoisotopic (exact) mass is 206 g/mol. The van der Waals surface area contributed by atoms with E-state index in [2.05, 4.69) is 10.2 Å². The summed E-state index contributed by atoms with van der Waals surface area (Å²) in [6.45, 7) is 0. The van der Waals surface area contributed by atoms with Crippen LogP contribution in [0.4, 0.5) is 0 Å². The summed E-state index contributed by atoms with van der Waals surface area (Å²) in [6.07, 6.45) is 1.37. The summed E-state index contributed by atoms with van der Waals surface area (Å²) in [5.41, 5.74) is 10.9. The Labute approximate surface area is 85.9 Å². The van der Waals surface area contributed by atoms with Gasteiger partial charge in [0.05, 0.1) is 11.8 Å². The van der Waals surface area contributed by atoms with Gasteiger partial charge in [0.25, 0.3) is 0 Å². The summed E-state index contributed by atoms with van der Waals surface area (Å²) < 4.78 is 0. The van der Waals surface area contributed by atoms with E-state index in [1.165, 1.54) is 18.3 Å². The van der Waals surface area contributed by atoms with Crippen LogP contribution < -0.4 is 11.5 Å². The molecule has 15 heavy (non-hydrogen) atoms. The summed E-state index contributed by atoms with van der Waals surface area (Å²) >= 11 is 0. The fourth-order valence-electron chi connectivity index (χ4n) is 0.914. The molecule has 0 unspecified atom stereocenters. The van der Waals surface area contributed by atoms with Crippen LogP contribution in [0.5, 0.6) is 0 Å². The van der Waals surface area contributed by atoms with Crippen molar-refractivity contribution >= 4 is 18.1 Å². The lowest BCUT2D eigenvalue weighted by molar-refractivity contribution is 0.0697. The average molecular weight is 206 g/mol. The van der Waals surface area contributed by atoms with Crippen LogP contribution in [0.1, 0.15) is 15.9 Å². The number of benzene rings is 1. The fourth-order valence-corrected chi connectivity index (χ4v) is 0.914. The van der Waals surface area contributed by atoms with Gasteiger partial charge in [0.1, 0.15) is 0 Å². The van der Waals surface area contributed by atoms with Crippen LogP contribution in [0.2, 0.25) is 0 Å². The highest BCUT2D eigenvalue weighted by Gasteiger charge is 2.01. The highest BCUT2D eigenvalue weighted by molar-refractivity contribution is 5.91. The lowest BCUT2D eigenvalue weighted by Gasteiger charge is -1.95. The van der Waals surface area contributed by atoms with Gasteiger partial charge in [-0.2, -0.15) is 5.10 Å². The first kappa shape index (κ1) is 10.7. The molecule has 6 heteroatoms. The van der Waals surface area contributed by atoms with Crippen molar-refractivity contribution in [3.63, 3.8) is 0 Å². The first-order valence-corrected chi connectivity index (χ1v) is 4.05. The lowest BCUT2D eigenvalue weighted by Crippen LogP contribution is -2.21. The second-order valence-corrected chi connectivity index (χ2v) is 2.70. The van der Waals surface area contributed by atoms with Gasteiger partial charge in [-0.15, -0.1) is 5.10 Å². The number of carboxylic acids is 1. The number of carboxylic acid groups (broad SMARTS) is 1. The minimum absolute atomic E-state index is 0.152. The van der Waals surface area contributed by atoms with Crippen molar-refractivity contribution in [1.82, 2.24) is 0 Å². The van der Waals surface area contributed by atoms with Crippen LogP contribution >= 0.6 is 0 Å². The maximum Gasteiger partial charge on any atom is 0.335 e. The van der Waals surface area contributed by atoms with Crippen molar-refractivity contribution in [3.05, 3.63) is 35.4 Å². The average Bonchev–Trinajstić information content (AvgIpc) is 2.17. The first-order valence-electron chi connectivity index (χ1n) is 4.05. The molecule has 0 heterocycles. The summed E-state index contributed by atoms with van der Waals surface area (Å²) in [5.74, 6) is -1.15. The van der Waals surface area contributed by atoms with Gasteiger partial charge in [0.15, 0.2) is 0 Å². The topological polar surface area (TPSA) is 114 Å². The summed E-state index contributed by atoms with van der Waals surface area (Å²) in [4.78, 5) is 10.6. The van der Waals surface area contributed by atoms with E-state index in [1.54, 1.807) is 12.1 Å². The van der Waals surface area contributed by atoms with Gasteiger partial charge in [0, 0.05) is 0 Å². The van der Waals surface area contributed by atoms with Gasteiger partial charge in [-0.05, 0) is 17.7 Å². The lowest BCUT2D eigenvalue weighted by atomic mass is 10.1. The van der Waals surface area contributed by atoms with Crippen molar-refractivity contribution in [1.29, 1.82) is 0 Å². The molecule has 0 atom stereocenters. The van der Waals surface area contributed by atoms with Gasteiger partial charge in [0.2, 0.25) is 5.96 Å². The molecule has 1 aromatic carbocycles. The largest absolute Gasteiger partial charge is 0.478 e. The molecule has 1 aromatic rings. The second kappa shape index (κ2) is 4.75. The molecule has 0 aliphatic carbocycles. The van der Waals surface area contributed by atoms with Crippen LogP contribution in [0, 0.1) is 0 Å². The number of hydrogen-bond acceptors (Lipinski definition) is 3. The number of carbonyl (C=O) groups is 1. The zero-order valence-electron chi connectivity index (χ0n) is 7.79. The molecule has 78 valence electrons. The van der Waals surface area contributed by atoms with Gasteiger partial charge in [-0.25, -0.2) is 4.79 Å². The number of hydrogen-bond donors (Lipinski definition) is 3. The Morgan fingerprint density at radius 2 is 2.13 bits per heavy atom. The minimum Gasteiger partial charge on any atom is -0.478 e. The van der Waals surface area contributed by atoms with E-state index in [4.69, 9.17) is 16.6 Å². The van der Waals surface area contributed by atoms with Gasteiger partial charge >= 0.3 is 5.97 Å². The molecule has 0 radical (unpaired) electrons. The molecule has 0 saturated carbocycles. The molecule has 1 rings (SSSR count). The molecule has 5 N–H and O–H groups in total. The van der Waals surface area contributed by atoms with Crippen LogP contribution in [0.3, 0.4) is 0 Å². The van der Waals surface area contributed by atoms with Crippen LogP contribution in [-0.4, -0.2) is 23.2 Å². The molecule has 0 aliphatic rings. The Kier molecular flexibility index (Phi) is 3.39. The van der Waals surface area contributed by atoms with Crippen LogP contribution in [-0.2, 0) is 0 Å². The van der Waals surface area contributed by atoms with E-state index in [-0.39, 0.29) is 11.5 Å². The molecular formula is C9H10N4O2. The van der Waals surface area contributed by atoms with Crippen molar-refractivity contribution in [2.24, 2.45) is 21.7 Å². The van der Waals surface area contributed by atoms with E-state index >= 15 is 0 Å². The molecule has 0 saturated heterocycles. The van der Waals surface area contributed by atoms with Gasteiger partial charge in [-0.3, -0.25) is 0 Å². The molecule has 0 bridgehead atoms. The van der Waals surface area contributed by atoms with Crippen molar-refractivity contribution in [3.8, 4) is 0 Å². The number of nitrogens with zero attached hydrogens (tertiary/aromatic N) is 2. The molecule has 0 aromatic heterocycles. The zero-order valence-corrected chi connectivity index (χ0v) is 7.79. The maximum atomic E-state index is 10.6. The third-order valence-corrected chi connectivity index (χ3v) is 1.51. The molecule has 0 spiro atoms. The minimum atomic E-state index is -0.993. The quantitative estimate of drug-likeness (QED) is 0.366. The van der Waals surface area contributed by atoms with Crippen molar-refractivity contribution in [2.75, 3.05) is 0 Å². The van der Waals surface area contributed by atoms with E-state index in [1.807, 2.05) is 0 Å². The number of rotatable bonds is 3. The molecule has 6 nitrogen and oxygen atoms in total. The standard InChI is InChI=1S/C9H10N4O2/c10-9(11)13-12-5-6-2-1-3-7(4-6)8(14)15/h1-5H,(H,14,15)(H4,10,11,13). The normalized spacial score (nSPS) is 10.1. The third kappa shape index (κ3) is 3.47. The van der Waals surface area contributed by atoms with E-state index < -0.39 is 5.97 Å². The van der Waals surface area contributed by atoms with Crippen LogP contribution in [0.25, 0.3) is 0 Å². The molecule has 0 fully saturated rings. The highest BCUT2D eigenvalue weighted by Crippen LogP contribution is 2.02. The highest BCUT2D eigenvalue weighted by atomic mass is 16.4. The third-order valence-electron chi connectivity index (χ3n) is 1.51. The Hall–Kier alpha value is -2.37. The Balaban J connectivity index is 2.87. The SMILES string of the molecule is NC(N)=NN=Cc1cccc(C(=O)O)c1. The summed E-state index contributed by atoms with van der Waals surface area (Å²) in [7, 11) is 0. The Bertz CT molecular complexity index is 422. The number of guanidine groups is 1. The summed E-state index contributed by atoms with van der Waals surface area (Å²) in [6, 6.07) is 6.26. The second-order valence-electron chi connectivity index (χ2n) is 2.70. The van der Waals surface area contributed by atoms with Crippen LogP contribution in [0.15, 0.2) is 34.5 Å². The number of nitrogens with two attached hydrogens (primary N) is 2. The van der Waals surface area contributed by atoms with E-state index in [0.29, 0.717) is 5.56 Å². The van der Waals surface area contributed by atoms with E-state index in [0.717, 1.165) is 0 Å².